The lowest BCUT2D eigenvalue weighted by Gasteiger charge is -2.16. The van der Waals surface area contributed by atoms with Crippen LogP contribution in [0.3, 0.4) is 0 Å². The molecule has 0 unspecified atom stereocenters. The first kappa shape index (κ1) is 20.3. The van der Waals surface area contributed by atoms with Crippen LogP contribution in [0.25, 0.3) is 22.2 Å². The number of aromatic nitrogens is 1. The van der Waals surface area contributed by atoms with Crippen molar-refractivity contribution in [2.24, 2.45) is 5.10 Å². The van der Waals surface area contributed by atoms with Crippen molar-refractivity contribution in [2.75, 3.05) is 18.0 Å². The van der Waals surface area contributed by atoms with Crippen LogP contribution in [0.4, 0.5) is 5.88 Å². The molecule has 2 heterocycles. The maximum Gasteiger partial charge on any atom is 0.272 e. The molecule has 0 radical (unpaired) electrons. The molecule has 4 aromatic rings. The molecule has 31 heavy (non-hydrogen) atoms. The smallest absolute Gasteiger partial charge is 0.272 e. The van der Waals surface area contributed by atoms with Crippen molar-refractivity contribution >= 4 is 28.9 Å². The average Bonchev–Trinajstić information content (AvgIpc) is 3.28. The topological polar surface area (TPSA) is 70.7 Å². The number of carbonyl (C=O) groups excluding carboxylic acids is 1. The number of furan rings is 1. The van der Waals surface area contributed by atoms with Crippen molar-refractivity contribution in [3.63, 3.8) is 0 Å². The minimum absolute atomic E-state index is 0.303. The van der Waals surface area contributed by atoms with Crippen LogP contribution in [0.1, 0.15) is 30.0 Å². The van der Waals surface area contributed by atoms with Crippen molar-refractivity contribution < 1.29 is 9.21 Å². The number of benzene rings is 2. The predicted octanol–water partition coefficient (Wildman–Crippen LogP) is 5.10. The van der Waals surface area contributed by atoms with Gasteiger partial charge < -0.3 is 9.32 Å². The standard InChI is InChI=1S/C25H24N4O2/c1-3-29(4-2)24-15-14-19(31-24)17-26-28-25(30)21-16-23(18-10-6-5-7-11-18)27-22-13-9-8-12-20(21)22/h5-17H,3-4H2,1-2H3,(H,28,30)/b26-17+. The van der Waals surface area contributed by atoms with Crippen LogP contribution < -0.4 is 10.3 Å². The second-order valence-corrected chi connectivity index (χ2v) is 6.99. The fourth-order valence-corrected chi connectivity index (χ4v) is 3.45. The van der Waals surface area contributed by atoms with Crippen LogP contribution in [0, 0.1) is 0 Å². The van der Waals surface area contributed by atoms with Crippen LogP contribution in [0.5, 0.6) is 0 Å². The summed E-state index contributed by atoms with van der Waals surface area (Å²) in [7, 11) is 0. The Hall–Kier alpha value is -3.93. The first-order valence-corrected chi connectivity index (χ1v) is 10.3. The molecule has 0 aliphatic heterocycles. The largest absolute Gasteiger partial charge is 0.440 e. The number of carbonyl (C=O) groups is 1. The fraction of sp³-hybridized carbons (Fsp3) is 0.160. The Labute approximate surface area is 181 Å². The highest BCUT2D eigenvalue weighted by molar-refractivity contribution is 6.07. The summed E-state index contributed by atoms with van der Waals surface area (Å²) < 4.78 is 5.78. The van der Waals surface area contributed by atoms with Gasteiger partial charge in [-0.1, -0.05) is 48.5 Å². The third-order valence-corrected chi connectivity index (χ3v) is 5.08. The zero-order chi connectivity index (χ0) is 21.6. The van der Waals surface area contributed by atoms with Gasteiger partial charge in [0.15, 0.2) is 5.88 Å². The molecule has 156 valence electrons. The number of hydrogen-bond donors (Lipinski definition) is 1. The highest BCUT2D eigenvalue weighted by Crippen LogP contribution is 2.24. The first-order chi connectivity index (χ1) is 15.2. The molecule has 0 bridgehead atoms. The van der Waals surface area contributed by atoms with E-state index in [4.69, 9.17) is 9.40 Å². The minimum Gasteiger partial charge on any atom is -0.440 e. The monoisotopic (exact) mass is 412 g/mol. The second kappa shape index (κ2) is 9.26. The van der Waals surface area contributed by atoms with E-state index in [1.807, 2.05) is 66.7 Å². The van der Waals surface area contributed by atoms with Crippen LogP contribution in [0.15, 0.2) is 82.3 Å². The Bertz CT molecular complexity index is 1210. The molecule has 6 nitrogen and oxygen atoms in total. The lowest BCUT2D eigenvalue weighted by atomic mass is 10.0. The van der Waals surface area contributed by atoms with E-state index in [9.17, 15) is 4.79 Å². The molecule has 0 saturated carbocycles. The van der Waals surface area contributed by atoms with Gasteiger partial charge >= 0.3 is 0 Å². The normalized spacial score (nSPS) is 11.2. The number of hydrazone groups is 1. The number of fused-ring (bicyclic) bond motifs is 1. The average molecular weight is 412 g/mol. The molecule has 1 N–H and O–H groups in total. The molecule has 0 aliphatic rings. The second-order valence-electron chi connectivity index (χ2n) is 6.99. The van der Waals surface area contributed by atoms with Crippen LogP contribution >= 0.6 is 0 Å². The van der Waals surface area contributed by atoms with E-state index in [2.05, 4.69) is 29.3 Å². The number of hydrogen-bond acceptors (Lipinski definition) is 5. The molecule has 6 heteroatoms. The number of anilines is 1. The molecule has 1 amide bonds. The summed E-state index contributed by atoms with van der Waals surface area (Å²) in [5.41, 5.74) is 5.58. The molecule has 0 aliphatic carbocycles. The first-order valence-electron chi connectivity index (χ1n) is 10.3. The summed E-state index contributed by atoms with van der Waals surface area (Å²) in [6.45, 7) is 5.86. The third-order valence-electron chi connectivity index (χ3n) is 5.08. The maximum absolute atomic E-state index is 12.9. The molecule has 0 spiro atoms. The van der Waals surface area contributed by atoms with Crippen molar-refractivity contribution in [3.8, 4) is 11.3 Å². The molecule has 0 saturated heterocycles. The number of rotatable bonds is 7. The third kappa shape index (κ3) is 4.48. The Balaban J connectivity index is 1.58. The number of nitrogens with one attached hydrogen (secondary N) is 1. The molecule has 0 atom stereocenters. The lowest BCUT2D eigenvalue weighted by Crippen LogP contribution is -2.21. The quantitative estimate of drug-likeness (QED) is 0.338. The zero-order valence-corrected chi connectivity index (χ0v) is 17.6. The van der Waals surface area contributed by atoms with Gasteiger partial charge in [0.05, 0.1) is 23.0 Å². The number of pyridine rings is 1. The summed E-state index contributed by atoms with van der Waals surface area (Å²) in [6, 6.07) is 22.9. The van der Waals surface area contributed by atoms with Gasteiger partial charge in [0.1, 0.15) is 5.76 Å². The predicted molar refractivity (Wildman–Crippen MR) is 125 cm³/mol. The summed E-state index contributed by atoms with van der Waals surface area (Å²) in [6.07, 6.45) is 1.51. The van der Waals surface area contributed by atoms with Crippen LogP contribution in [-0.2, 0) is 0 Å². The molecular weight excluding hydrogens is 388 g/mol. The van der Waals surface area contributed by atoms with E-state index >= 15 is 0 Å². The number of amides is 1. The molecular formula is C25H24N4O2. The van der Waals surface area contributed by atoms with E-state index in [-0.39, 0.29) is 5.91 Å². The Morgan fingerprint density at radius 2 is 1.77 bits per heavy atom. The van der Waals surface area contributed by atoms with Crippen molar-refractivity contribution in [1.29, 1.82) is 0 Å². The van der Waals surface area contributed by atoms with Crippen molar-refractivity contribution in [3.05, 3.63) is 84.1 Å². The molecule has 2 aromatic heterocycles. The van der Waals surface area contributed by atoms with Gasteiger partial charge in [0, 0.05) is 30.1 Å². The van der Waals surface area contributed by atoms with Crippen molar-refractivity contribution in [1.82, 2.24) is 10.4 Å². The van der Waals surface area contributed by atoms with Crippen LogP contribution in [-0.4, -0.2) is 30.2 Å². The van der Waals surface area contributed by atoms with Gasteiger partial charge in [-0.15, -0.1) is 0 Å². The lowest BCUT2D eigenvalue weighted by molar-refractivity contribution is 0.0956. The highest BCUT2D eigenvalue weighted by Gasteiger charge is 2.13. The van der Waals surface area contributed by atoms with E-state index in [0.717, 1.165) is 41.1 Å². The van der Waals surface area contributed by atoms with Gasteiger partial charge in [-0.2, -0.15) is 5.10 Å². The molecule has 0 fully saturated rings. The van der Waals surface area contributed by atoms with E-state index in [0.29, 0.717) is 11.3 Å². The van der Waals surface area contributed by atoms with Gasteiger partial charge in [-0.25, -0.2) is 10.4 Å². The van der Waals surface area contributed by atoms with Gasteiger partial charge in [0.25, 0.3) is 5.91 Å². The summed E-state index contributed by atoms with van der Waals surface area (Å²) in [5, 5.41) is 4.87. The summed E-state index contributed by atoms with van der Waals surface area (Å²) >= 11 is 0. The maximum atomic E-state index is 12.9. The Morgan fingerprint density at radius 1 is 1.03 bits per heavy atom. The van der Waals surface area contributed by atoms with Gasteiger partial charge in [-0.3, -0.25) is 4.79 Å². The Kier molecular flexibility index (Phi) is 6.08. The highest BCUT2D eigenvalue weighted by atomic mass is 16.4. The number of para-hydroxylation sites is 1. The molecule has 2 aromatic carbocycles. The van der Waals surface area contributed by atoms with Crippen molar-refractivity contribution in [2.45, 2.75) is 13.8 Å². The van der Waals surface area contributed by atoms with E-state index in [1.165, 1.54) is 6.21 Å². The number of nitrogens with zero attached hydrogens (tertiary/aromatic N) is 3. The van der Waals surface area contributed by atoms with E-state index in [1.54, 1.807) is 6.07 Å². The minimum atomic E-state index is -0.303. The Morgan fingerprint density at radius 3 is 2.55 bits per heavy atom. The summed E-state index contributed by atoms with van der Waals surface area (Å²) in [5.74, 6) is 1.06. The fourth-order valence-electron chi connectivity index (χ4n) is 3.45. The SMILES string of the molecule is CCN(CC)c1ccc(/C=N/NC(=O)c2cc(-c3ccccc3)nc3ccccc23)o1. The van der Waals surface area contributed by atoms with Crippen LogP contribution in [0.2, 0.25) is 0 Å². The zero-order valence-electron chi connectivity index (χ0n) is 17.6. The van der Waals surface area contributed by atoms with Gasteiger partial charge in [0.2, 0.25) is 0 Å². The van der Waals surface area contributed by atoms with E-state index < -0.39 is 0 Å². The molecule has 4 rings (SSSR count). The summed E-state index contributed by atoms with van der Waals surface area (Å²) in [4.78, 5) is 19.8. The van der Waals surface area contributed by atoms with Gasteiger partial charge in [-0.05, 0) is 32.0 Å².